The van der Waals surface area contributed by atoms with Crippen LogP contribution in [0.2, 0.25) is 0 Å². The molecule has 0 unspecified atom stereocenters. The molecule has 0 atom stereocenters. The first kappa shape index (κ1) is 11.0. The molecule has 4 nitrogen and oxygen atoms in total. The van der Waals surface area contributed by atoms with Gasteiger partial charge in [0.15, 0.2) is 0 Å². The maximum atomic E-state index is 11.3. The van der Waals surface area contributed by atoms with Gasteiger partial charge in [0.2, 0.25) is 0 Å². The number of hydrogen-bond donors (Lipinski definition) is 1. The number of aliphatic carboxylic acids is 1. The lowest BCUT2D eigenvalue weighted by atomic mass is 10.1. The van der Waals surface area contributed by atoms with Crippen LogP contribution in [0.4, 0.5) is 0 Å². The van der Waals surface area contributed by atoms with Crippen LogP contribution in [0.1, 0.15) is 15.9 Å². The van der Waals surface area contributed by atoms with E-state index in [1.54, 1.807) is 24.3 Å². The number of carboxylic acid groups (broad SMARTS) is 1. The standard InChI is InChI=1S/C11H10O4/c1-15-11(14)9-5-3-2-4-8(9)6-7-10(12)13/h2-7H,1H3,(H,12,13)/b7-6+. The predicted octanol–water partition coefficient (Wildman–Crippen LogP) is 1.57. The fourth-order valence-corrected chi connectivity index (χ4v) is 1.10. The SMILES string of the molecule is COC(=O)c1ccccc1/C=C/C(=O)O. The molecule has 4 heteroatoms. The van der Waals surface area contributed by atoms with Gasteiger partial charge in [-0.15, -0.1) is 0 Å². The zero-order valence-electron chi connectivity index (χ0n) is 8.14. The highest BCUT2D eigenvalue weighted by Gasteiger charge is 2.08. The largest absolute Gasteiger partial charge is 0.478 e. The number of hydrogen-bond acceptors (Lipinski definition) is 3. The molecule has 0 aromatic heterocycles. The number of benzene rings is 1. The van der Waals surface area contributed by atoms with Gasteiger partial charge < -0.3 is 9.84 Å². The Kier molecular flexibility index (Phi) is 3.62. The molecule has 1 aromatic carbocycles. The maximum absolute atomic E-state index is 11.3. The third-order valence-corrected chi connectivity index (χ3v) is 1.77. The Morgan fingerprint density at radius 2 is 2.00 bits per heavy atom. The van der Waals surface area contributed by atoms with E-state index in [1.807, 2.05) is 0 Å². The van der Waals surface area contributed by atoms with Gasteiger partial charge in [-0.1, -0.05) is 18.2 Å². The summed E-state index contributed by atoms with van der Waals surface area (Å²) in [7, 11) is 1.28. The van der Waals surface area contributed by atoms with E-state index < -0.39 is 11.9 Å². The van der Waals surface area contributed by atoms with Crippen molar-refractivity contribution in [2.45, 2.75) is 0 Å². The molecular weight excluding hydrogens is 196 g/mol. The highest BCUT2D eigenvalue weighted by molar-refractivity contribution is 5.95. The summed E-state index contributed by atoms with van der Waals surface area (Å²) in [5.74, 6) is -1.55. The van der Waals surface area contributed by atoms with Crippen LogP contribution >= 0.6 is 0 Å². The van der Waals surface area contributed by atoms with Crippen LogP contribution in [-0.4, -0.2) is 24.2 Å². The molecule has 0 fully saturated rings. The minimum Gasteiger partial charge on any atom is -0.478 e. The molecule has 0 saturated heterocycles. The Balaban J connectivity index is 3.06. The highest BCUT2D eigenvalue weighted by atomic mass is 16.5. The normalized spacial score (nSPS) is 10.2. The summed E-state index contributed by atoms with van der Waals surface area (Å²) in [4.78, 5) is 21.6. The third kappa shape index (κ3) is 2.95. The van der Waals surface area contributed by atoms with Crippen molar-refractivity contribution >= 4 is 18.0 Å². The fourth-order valence-electron chi connectivity index (χ4n) is 1.10. The molecule has 0 saturated carbocycles. The molecule has 1 aromatic rings. The smallest absolute Gasteiger partial charge is 0.338 e. The van der Waals surface area contributed by atoms with Gasteiger partial charge >= 0.3 is 11.9 Å². The quantitative estimate of drug-likeness (QED) is 0.602. The average molecular weight is 206 g/mol. The van der Waals surface area contributed by atoms with Crippen LogP contribution < -0.4 is 0 Å². The minimum absolute atomic E-state index is 0.345. The molecule has 0 aliphatic carbocycles. The Morgan fingerprint density at radius 1 is 1.33 bits per heavy atom. The Hall–Kier alpha value is -2.10. The number of methoxy groups -OCH3 is 1. The second-order valence-electron chi connectivity index (χ2n) is 2.75. The Morgan fingerprint density at radius 3 is 2.60 bits per heavy atom. The fraction of sp³-hybridized carbons (Fsp3) is 0.0909. The lowest BCUT2D eigenvalue weighted by Gasteiger charge is -2.02. The van der Waals surface area contributed by atoms with Crippen molar-refractivity contribution in [3.05, 3.63) is 41.5 Å². The molecule has 0 spiro atoms. The van der Waals surface area contributed by atoms with Crippen molar-refractivity contribution in [2.24, 2.45) is 0 Å². The van der Waals surface area contributed by atoms with Crippen molar-refractivity contribution in [2.75, 3.05) is 7.11 Å². The molecule has 0 heterocycles. The number of carbonyl (C=O) groups is 2. The number of rotatable bonds is 3. The molecule has 0 aliphatic rings. The van der Waals surface area contributed by atoms with E-state index in [-0.39, 0.29) is 0 Å². The van der Waals surface area contributed by atoms with E-state index in [0.29, 0.717) is 11.1 Å². The number of ether oxygens (including phenoxy) is 1. The number of esters is 1. The second kappa shape index (κ2) is 4.95. The topological polar surface area (TPSA) is 63.6 Å². The minimum atomic E-state index is -1.06. The molecule has 0 radical (unpaired) electrons. The number of carboxylic acids is 1. The lowest BCUT2D eigenvalue weighted by molar-refractivity contribution is -0.131. The van der Waals surface area contributed by atoms with E-state index in [9.17, 15) is 9.59 Å². The summed E-state index contributed by atoms with van der Waals surface area (Å²) in [6.45, 7) is 0. The van der Waals surface area contributed by atoms with Gasteiger partial charge in [0.1, 0.15) is 0 Å². The van der Waals surface area contributed by atoms with Crippen molar-refractivity contribution in [1.29, 1.82) is 0 Å². The zero-order chi connectivity index (χ0) is 11.3. The van der Waals surface area contributed by atoms with Crippen LogP contribution in [0.3, 0.4) is 0 Å². The van der Waals surface area contributed by atoms with E-state index in [2.05, 4.69) is 4.74 Å². The van der Waals surface area contributed by atoms with Gasteiger partial charge in [-0.3, -0.25) is 0 Å². The summed E-state index contributed by atoms with van der Waals surface area (Å²) in [5, 5.41) is 8.46. The molecule has 1 rings (SSSR count). The van der Waals surface area contributed by atoms with Crippen LogP contribution in [-0.2, 0) is 9.53 Å². The Labute approximate surface area is 86.8 Å². The van der Waals surface area contributed by atoms with E-state index in [1.165, 1.54) is 13.2 Å². The van der Waals surface area contributed by atoms with Gasteiger partial charge in [-0.2, -0.15) is 0 Å². The van der Waals surface area contributed by atoms with Crippen molar-refractivity contribution in [3.63, 3.8) is 0 Å². The molecule has 1 N–H and O–H groups in total. The van der Waals surface area contributed by atoms with Gasteiger partial charge in [-0.05, 0) is 17.7 Å². The first-order valence-corrected chi connectivity index (χ1v) is 4.23. The van der Waals surface area contributed by atoms with E-state index >= 15 is 0 Å². The van der Waals surface area contributed by atoms with Gasteiger partial charge in [-0.25, -0.2) is 9.59 Å². The Bertz CT molecular complexity index is 407. The zero-order valence-corrected chi connectivity index (χ0v) is 8.14. The lowest BCUT2D eigenvalue weighted by Crippen LogP contribution is -2.03. The molecular formula is C11H10O4. The highest BCUT2D eigenvalue weighted by Crippen LogP contribution is 2.11. The predicted molar refractivity (Wildman–Crippen MR) is 54.5 cm³/mol. The van der Waals surface area contributed by atoms with E-state index in [0.717, 1.165) is 6.08 Å². The first-order valence-electron chi connectivity index (χ1n) is 4.23. The molecule has 0 bridgehead atoms. The summed E-state index contributed by atoms with van der Waals surface area (Å²) < 4.78 is 4.56. The molecule has 0 amide bonds. The summed E-state index contributed by atoms with van der Waals surface area (Å²) >= 11 is 0. The number of carbonyl (C=O) groups excluding carboxylic acids is 1. The van der Waals surface area contributed by atoms with Gasteiger partial charge in [0.05, 0.1) is 12.7 Å². The first-order chi connectivity index (χ1) is 7.15. The van der Waals surface area contributed by atoms with Gasteiger partial charge in [0.25, 0.3) is 0 Å². The van der Waals surface area contributed by atoms with Crippen molar-refractivity contribution in [3.8, 4) is 0 Å². The monoisotopic (exact) mass is 206 g/mol. The summed E-state index contributed by atoms with van der Waals surface area (Å²) in [6.07, 6.45) is 2.33. The average Bonchev–Trinajstić information content (AvgIpc) is 2.25. The van der Waals surface area contributed by atoms with Crippen molar-refractivity contribution in [1.82, 2.24) is 0 Å². The molecule has 15 heavy (non-hydrogen) atoms. The van der Waals surface area contributed by atoms with Crippen LogP contribution in [0.5, 0.6) is 0 Å². The van der Waals surface area contributed by atoms with Crippen LogP contribution in [0.25, 0.3) is 6.08 Å². The summed E-state index contributed by atoms with van der Waals surface area (Å²) in [6, 6.07) is 6.62. The maximum Gasteiger partial charge on any atom is 0.338 e. The summed E-state index contributed by atoms with van der Waals surface area (Å²) in [5.41, 5.74) is 0.865. The van der Waals surface area contributed by atoms with E-state index in [4.69, 9.17) is 5.11 Å². The van der Waals surface area contributed by atoms with Crippen LogP contribution in [0.15, 0.2) is 30.3 Å². The van der Waals surface area contributed by atoms with Gasteiger partial charge in [0, 0.05) is 6.08 Å². The van der Waals surface area contributed by atoms with Crippen LogP contribution in [0, 0.1) is 0 Å². The third-order valence-electron chi connectivity index (χ3n) is 1.77. The molecule has 0 aliphatic heterocycles. The van der Waals surface area contributed by atoms with Crippen molar-refractivity contribution < 1.29 is 19.4 Å². The second-order valence-corrected chi connectivity index (χ2v) is 2.75. The molecule has 78 valence electrons.